The molecule has 128 valence electrons. The fourth-order valence-electron chi connectivity index (χ4n) is 3.71. The number of fused-ring (bicyclic) bond motifs is 1. The minimum Gasteiger partial charge on any atom is -0.361 e. The Bertz CT molecular complexity index is 955. The minimum absolute atomic E-state index is 0.103. The molecule has 0 bridgehead atoms. The predicted molar refractivity (Wildman–Crippen MR) is 98.4 cm³/mol. The van der Waals surface area contributed by atoms with Crippen molar-refractivity contribution in [2.75, 3.05) is 11.4 Å². The SMILES string of the molecule is CCN(C(=O)C1(c2c[nH]c3ccc(F)cc23)CC1)c1cccc(C)c1. The molecule has 25 heavy (non-hydrogen) atoms. The molecule has 3 aromatic rings. The van der Waals surface area contributed by atoms with Crippen molar-refractivity contribution in [2.24, 2.45) is 0 Å². The molecule has 4 heteroatoms. The highest BCUT2D eigenvalue weighted by atomic mass is 19.1. The number of aryl methyl sites for hydroxylation is 1. The molecule has 1 aromatic heterocycles. The van der Waals surface area contributed by atoms with Gasteiger partial charge in [0.2, 0.25) is 5.91 Å². The van der Waals surface area contributed by atoms with Gasteiger partial charge in [-0.2, -0.15) is 0 Å². The third-order valence-corrected chi connectivity index (χ3v) is 5.19. The Morgan fingerprint density at radius 1 is 1.24 bits per heavy atom. The van der Waals surface area contributed by atoms with E-state index in [0.29, 0.717) is 6.54 Å². The first-order chi connectivity index (χ1) is 12.0. The van der Waals surface area contributed by atoms with Crippen molar-refractivity contribution in [3.05, 3.63) is 65.6 Å². The van der Waals surface area contributed by atoms with E-state index in [0.717, 1.165) is 40.6 Å². The Morgan fingerprint density at radius 3 is 2.72 bits per heavy atom. The first kappa shape index (κ1) is 15.9. The van der Waals surface area contributed by atoms with Gasteiger partial charge in [0.1, 0.15) is 5.82 Å². The Hall–Kier alpha value is -2.62. The molecule has 1 saturated carbocycles. The molecule has 1 fully saturated rings. The van der Waals surface area contributed by atoms with Crippen molar-refractivity contribution in [3.63, 3.8) is 0 Å². The van der Waals surface area contributed by atoms with Crippen LogP contribution < -0.4 is 4.90 Å². The van der Waals surface area contributed by atoms with Gasteiger partial charge in [0.25, 0.3) is 0 Å². The highest BCUT2D eigenvalue weighted by Gasteiger charge is 2.54. The number of halogens is 1. The summed E-state index contributed by atoms with van der Waals surface area (Å²) in [7, 11) is 0. The molecule has 4 rings (SSSR count). The lowest BCUT2D eigenvalue weighted by molar-refractivity contribution is -0.120. The van der Waals surface area contributed by atoms with E-state index in [1.165, 1.54) is 12.1 Å². The maximum atomic E-state index is 13.7. The maximum Gasteiger partial charge on any atom is 0.237 e. The molecule has 0 unspecified atom stereocenters. The van der Waals surface area contributed by atoms with Crippen LogP contribution in [-0.4, -0.2) is 17.4 Å². The minimum atomic E-state index is -0.536. The number of nitrogens with one attached hydrogen (secondary N) is 1. The Kier molecular flexibility index (Phi) is 3.64. The summed E-state index contributed by atoms with van der Waals surface area (Å²) in [6, 6.07) is 12.7. The summed E-state index contributed by atoms with van der Waals surface area (Å²) in [6.45, 7) is 4.63. The van der Waals surface area contributed by atoms with Crippen LogP contribution in [-0.2, 0) is 10.2 Å². The number of hydrogen-bond acceptors (Lipinski definition) is 1. The zero-order valence-electron chi connectivity index (χ0n) is 14.5. The van der Waals surface area contributed by atoms with Gasteiger partial charge in [-0.1, -0.05) is 12.1 Å². The molecular weight excluding hydrogens is 315 g/mol. The molecule has 1 aliphatic carbocycles. The van der Waals surface area contributed by atoms with Crippen molar-refractivity contribution >= 4 is 22.5 Å². The number of carbonyl (C=O) groups excluding carboxylic acids is 1. The number of aromatic nitrogens is 1. The molecule has 0 atom stereocenters. The van der Waals surface area contributed by atoms with Gasteiger partial charge in [-0.3, -0.25) is 4.79 Å². The quantitative estimate of drug-likeness (QED) is 0.736. The molecule has 0 spiro atoms. The summed E-state index contributed by atoms with van der Waals surface area (Å²) < 4.78 is 13.7. The van der Waals surface area contributed by atoms with E-state index in [-0.39, 0.29) is 11.7 Å². The van der Waals surface area contributed by atoms with Gasteiger partial charge in [-0.15, -0.1) is 0 Å². The van der Waals surface area contributed by atoms with Crippen LogP contribution in [0.1, 0.15) is 30.9 Å². The summed E-state index contributed by atoms with van der Waals surface area (Å²) >= 11 is 0. The average molecular weight is 336 g/mol. The lowest BCUT2D eigenvalue weighted by Crippen LogP contribution is -2.39. The Balaban J connectivity index is 1.76. The molecule has 1 amide bonds. The van der Waals surface area contributed by atoms with Crippen LogP contribution in [0.5, 0.6) is 0 Å². The number of hydrogen-bond donors (Lipinski definition) is 1. The smallest absolute Gasteiger partial charge is 0.237 e. The van der Waals surface area contributed by atoms with E-state index in [9.17, 15) is 9.18 Å². The maximum absolute atomic E-state index is 13.7. The summed E-state index contributed by atoms with van der Waals surface area (Å²) in [4.78, 5) is 18.4. The van der Waals surface area contributed by atoms with Crippen molar-refractivity contribution in [2.45, 2.75) is 32.1 Å². The molecule has 1 aliphatic rings. The summed E-state index contributed by atoms with van der Waals surface area (Å²) in [5.41, 5.74) is 3.30. The number of likely N-dealkylation sites (N-methyl/N-ethyl adjacent to an activating group) is 1. The molecule has 1 N–H and O–H groups in total. The number of nitrogens with zero attached hydrogens (tertiary/aromatic N) is 1. The monoisotopic (exact) mass is 336 g/mol. The van der Waals surface area contributed by atoms with E-state index in [1.54, 1.807) is 6.07 Å². The standard InChI is InChI=1S/C21H21FN2O/c1-3-24(16-6-4-5-14(2)11-16)20(25)21(9-10-21)18-13-23-19-8-7-15(22)12-17(18)19/h4-8,11-13,23H,3,9-10H2,1-2H3. The zero-order chi connectivity index (χ0) is 17.6. The lowest BCUT2D eigenvalue weighted by Gasteiger charge is -2.26. The van der Waals surface area contributed by atoms with Crippen molar-refractivity contribution < 1.29 is 9.18 Å². The van der Waals surface area contributed by atoms with Crippen LogP contribution >= 0.6 is 0 Å². The summed E-state index contributed by atoms with van der Waals surface area (Å²) in [6.07, 6.45) is 3.48. The van der Waals surface area contributed by atoms with Crippen molar-refractivity contribution in [1.82, 2.24) is 4.98 Å². The number of amides is 1. The fourth-order valence-corrected chi connectivity index (χ4v) is 3.71. The molecule has 0 radical (unpaired) electrons. The molecule has 0 aliphatic heterocycles. The van der Waals surface area contributed by atoms with E-state index in [4.69, 9.17) is 0 Å². The molecule has 3 nitrogen and oxygen atoms in total. The van der Waals surface area contributed by atoms with Crippen LogP contribution in [0, 0.1) is 12.7 Å². The molecular formula is C21H21FN2O. The highest BCUT2D eigenvalue weighted by Crippen LogP contribution is 2.52. The number of carbonyl (C=O) groups is 1. The average Bonchev–Trinajstić information content (AvgIpc) is 3.30. The van der Waals surface area contributed by atoms with Crippen molar-refractivity contribution in [1.29, 1.82) is 0 Å². The first-order valence-electron chi connectivity index (χ1n) is 8.71. The third-order valence-electron chi connectivity index (χ3n) is 5.19. The largest absolute Gasteiger partial charge is 0.361 e. The van der Waals surface area contributed by atoms with Crippen LogP contribution in [0.15, 0.2) is 48.7 Å². The van der Waals surface area contributed by atoms with Crippen LogP contribution in [0.4, 0.5) is 10.1 Å². The number of aromatic amines is 1. The number of rotatable bonds is 4. The first-order valence-corrected chi connectivity index (χ1v) is 8.71. The summed E-state index contributed by atoms with van der Waals surface area (Å²) in [5, 5.41) is 0.811. The fraction of sp³-hybridized carbons (Fsp3) is 0.286. The third kappa shape index (κ3) is 2.53. The molecule has 1 heterocycles. The van der Waals surface area contributed by atoms with Gasteiger partial charge in [0.05, 0.1) is 5.41 Å². The molecule has 0 saturated heterocycles. The number of benzene rings is 2. The predicted octanol–water partition coefficient (Wildman–Crippen LogP) is 4.70. The Morgan fingerprint density at radius 2 is 2.04 bits per heavy atom. The Labute approximate surface area is 146 Å². The van der Waals surface area contributed by atoms with E-state index in [2.05, 4.69) is 4.98 Å². The van der Waals surface area contributed by atoms with Gasteiger partial charge in [-0.25, -0.2) is 4.39 Å². The molecule has 2 aromatic carbocycles. The highest BCUT2D eigenvalue weighted by molar-refractivity contribution is 6.06. The van der Waals surface area contributed by atoms with Crippen LogP contribution in [0.25, 0.3) is 10.9 Å². The topological polar surface area (TPSA) is 36.1 Å². The van der Waals surface area contributed by atoms with Crippen LogP contribution in [0.2, 0.25) is 0 Å². The zero-order valence-corrected chi connectivity index (χ0v) is 14.5. The van der Waals surface area contributed by atoms with Gasteiger partial charge >= 0.3 is 0 Å². The number of H-pyrrole nitrogens is 1. The summed E-state index contributed by atoms with van der Waals surface area (Å²) in [5.74, 6) is -0.173. The van der Waals surface area contributed by atoms with Crippen molar-refractivity contribution in [3.8, 4) is 0 Å². The van der Waals surface area contributed by atoms with Crippen LogP contribution in [0.3, 0.4) is 0 Å². The van der Waals surface area contributed by atoms with E-state index >= 15 is 0 Å². The second-order valence-corrected chi connectivity index (χ2v) is 6.86. The van der Waals surface area contributed by atoms with E-state index in [1.807, 2.05) is 49.2 Å². The second kappa shape index (κ2) is 5.73. The van der Waals surface area contributed by atoms with E-state index < -0.39 is 5.41 Å². The number of anilines is 1. The van der Waals surface area contributed by atoms with Gasteiger partial charge < -0.3 is 9.88 Å². The van der Waals surface area contributed by atoms with Gasteiger partial charge in [0.15, 0.2) is 0 Å². The normalized spacial score (nSPS) is 15.3. The van der Waals surface area contributed by atoms with Gasteiger partial charge in [0, 0.05) is 29.3 Å². The lowest BCUT2D eigenvalue weighted by atomic mass is 9.93. The second-order valence-electron chi connectivity index (χ2n) is 6.86. The van der Waals surface area contributed by atoms with Gasteiger partial charge in [-0.05, 0) is 68.1 Å².